The number of hydrogen-bond acceptors (Lipinski definition) is 1. The number of para-hydroxylation sites is 2. The van der Waals surface area contributed by atoms with Crippen LogP contribution in [0.3, 0.4) is 0 Å². The molecule has 1 heterocycles. The van der Waals surface area contributed by atoms with E-state index in [2.05, 4.69) is 134 Å². The van der Waals surface area contributed by atoms with Crippen molar-refractivity contribution in [3.8, 4) is 11.4 Å². The predicted molar refractivity (Wildman–Crippen MR) is 147 cm³/mol. The molecular formula is C27H36AlIN3+. The van der Waals surface area contributed by atoms with Crippen molar-refractivity contribution >= 4 is 32.4 Å². The van der Waals surface area contributed by atoms with E-state index in [4.69, 9.17) is 3.98 Å². The van der Waals surface area contributed by atoms with Gasteiger partial charge in [0.1, 0.15) is 0 Å². The summed E-state index contributed by atoms with van der Waals surface area (Å²) >= 11 is 2.38. The SMILES string of the molecule is CC(C)c1cccc(C(C)C)c1-n1ccn(-c2c(C(C)C)cccc2C(C)C)c1=[N][Al+][I]. The summed E-state index contributed by atoms with van der Waals surface area (Å²) in [5, 5.41) is 0. The van der Waals surface area contributed by atoms with Crippen LogP contribution in [0.1, 0.15) is 101 Å². The Bertz CT molecular complexity index is 1000. The summed E-state index contributed by atoms with van der Waals surface area (Å²) in [6.07, 6.45) is 4.44. The van der Waals surface area contributed by atoms with E-state index in [0.29, 0.717) is 23.7 Å². The molecular weight excluding hydrogens is 520 g/mol. The normalized spacial score (nSPS) is 11.7. The molecule has 0 aliphatic carbocycles. The molecule has 0 N–H and O–H groups in total. The zero-order chi connectivity index (χ0) is 23.6. The van der Waals surface area contributed by atoms with Crippen molar-refractivity contribution in [2.24, 2.45) is 3.98 Å². The molecule has 3 nitrogen and oxygen atoms in total. The molecule has 0 atom stereocenters. The Labute approximate surface area is 211 Å². The molecule has 1 aromatic heterocycles. The van der Waals surface area contributed by atoms with Crippen LogP contribution < -0.4 is 5.62 Å². The monoisotopic (exact) mass is 556 g/mol. The van der Waals surface area contributed by atoms with E-state index in [9.17, 15) is 0 Å². The molecule has 0 bridgehead atoms. The van der Waals surface area contributed by atoms with Crippen molar-refractivity contribution in [2.45, 2.75) is 79.1 Å². The molecule has 3 aromatic rings. The topological polar surface area (TPSA) is 22.2 Å². The van der Waals surface area contributed by atoms with Crippen LogP contribution in [0.5, 0.6) is 0 Å². The molecule has 0 unspecified atom stereocenters. The number of nitrogens with zero attached hydrogens (tertiary/aromatic N) is 3. The van der Waals surface area contributed by atoms with Gasteiger partial charge in [-0.25, -0.2) is 0 Å². The van der Waals surface area contributed by atoms with Gasteiger partial charge >= 0.3 is 213 Å². The van der Waals surface area contributed by atoms with Gasteiger partial charge in [0.2, 0.25) is 0 Å². The number of aromatic nitrogens is 2. The standard InChI is InChI=1S/C27H36N3.Al.HI/c1-17(2)21-11-9-12-22(18(3)4)25(21)29-15-16-30(27(29)28)26-23(19(5)6)13-10-14-24(26)20(7)8;;/h9-20H,1-8H3;;1H/q-1;+3;/p-1. The second-order valence-electron chi connectivity index (χ2n) is 9.75. The number of hydrogen-bond donors (Lipinski definition) is 0. The van der Waals surface area contributed by atoms with Gasteiger partial charge in [0, 0.05) is 0 Å². The van der Waals surface area contributed by atoms with Gasteiger partial charge in [0.25, 0.3) is 0 Å². The molecule has 3 rings (SSSR count). The van der Waals surface area contributed by atoms with Crippen molar-refractivity contribution < 1.29 is 0 Å². The van der Waals surface area contributed by atoms with E-state index < -0.39 is 0 Å². The first-order valence-electron chi connectivity index (χ1n) is 11.7. The fourth-order valence-corrected chi connectivity index (χ4v) is 5.56. The maximum absolute atomic E-state index is 5.12. The van der Waals surface area contributed by atoms with Crippen LogP contribution in [0.15, 0.2) is 52.8 Å². The summed E-state index contributed by atoms with van der Waals surface area (Å²) in [5.74, 6) is 1.75. The summed E-state index contributed by atoms with van der Waals surface area (Å²) in [5.41, 5.74) is 9.12. The van der Waals surface area contributed by atoms with Crippen LogP contribution in [-0.2, 0) is 0 Å². The van der Waals surface area contributed by atoms with Crippen molar-refractivity contribution in [2.75, 3.05) is 0 Å². The fraction of sp³-hybridized carbons (Fsp3) is 0.444. The average molecular weight is 556 g/mol. The molecule has 168 valence electrons. The minimum absolute atomic E-state index is 0.0638. The van der Waals surface area contributed by atoms with Crippen LogP contribution >= 0.6 is 20.3 Å². The number of halogens is 1. The second kappa shape index (κ2) is 10.8. The number of benzene rings is 2. The van der Waals surface area contributed by atoms with Gasteiger partial charge in [-0.1, -0.05) is 0 Å². The third-order valence-electron chi connectivity index (χ3n) is 6.13. The molecule has 2 aromatic carbocycles. The first-order chi connectivity index (χ1) is 15.2. The fourth-order valence-electron chi connectivity index (χ4n) is 4.48. The second-order valence-corrected chi connectivity index (χ2v) is 11.9. The van der Waals surface area contributed by atoms with Gasteiger partial charge in [-0.15, -0.1) is 0 Å². The first-order valence-corrected chi connectivity index (χ1v) is 16.4. The van der Waals surface area contributed by atoms with Gasteiger partial charge in [-0.05, 0) is 0 Å². The van der Waals surface area contributed by atoms with Crippen molar-refractivity contribution in [3.63, 3.8) is 0 Å². The number of imidazole rings is 1. The van der Waals surface area contributed by atoms with Gasteiger partial charge < -0.3 is 0 Å². The third-order valence-corrected chi connectivity index (χ3v) is 7.29. The minimum atomic E-state index is -0.0638. The Hall–Kier alpha value is -1.29. The molecule has 0 saturated heterocycles. The van der Waals surface area contributed by atoms with Crippen molar-refractivity contribution in [1.29, 1.82) is 0 Å². The molecule has 0 amide bonds. The number of rotatable bonds is 7. The van der Waals surface area contributed by atoms with Crippen molar-refractivity contribution in [3.05, 3.63) is 76.7 Å². The molecule has 0 fully saturated rings. The zero-order valence-corrected chi connectivity index (χ0v) is 24.0. The van der Waals surface area contributed by atoms with Gasteiger partial charge in [0.05, 0.1) is 0 Å². The van der Waals surface area contributed by atoms with Gasteiger partial charge in [-0.3, -0.25) is 0 Å². The van der Waals surface area contributed by atoms with Crippen molar-refractivity contribution in [1.82, 2.24) is 9.13 Å². The summed E-state index contributed by atoms with van der Waals surface area (Å²) in [6.45, 7) is 18.3. The van der Waals surface area contributed by atoms with E-state index >= 15 is 0 Å². The molecule has 0 aliphatic rings. The van der Waals surface area contributed by atoms with Crippen LogP contribution in [0, 0.1) is 0 Å². The van der Waals surface area contributed by atoms with Crippen LogP contribution in [0.4, 0.5) is 0 Å². The summed E-state index contributed by atoms with van der Waals surface area (Å²) in [6, 6.07) is 13.5. The Balaban J connectivity index is 2.43. The molecule has 0 radical (unpaired) electrons. The van der Waals surface area contributed by atoms with E-state index in [0.717, 1.165) is 5.62 Å². The summed E-state index contributed by atoms with van der Waals surface area (Å²) < 4.78 is 9.81. The Morgan fingerprint density at radius 2 is 0.938 bits per heavy atom. The molecule has 0 saturated carbocycles. The van der Waals surface area contributed by atoms with E-state index in [1.807, 2.05) is 0 Å². The van der Waals surface area contributed by atoms with Gasteiger partial charge in [-0.2, -0.15) is 0 Å². The van der Waals surface area contributed by atoms with Crippen LogP contribution in [0.2, 0.25) is 0 Å². The molecule has 0 aliphatic heterocycles. The van der Waals surface area contributed by atoms with Crippen LogP contribution in [-0.4, -0.2) is 21.3 Å². The van der Waals surface area contributed by atoms with Gasteiger partial charge in [0.15, 0.2) is 0 Å². The summed E-state index contributed by atoms with van der Waals surface area (Å²) in [7, 11) is 0. The van der Waals surface area contributed by atoms with E-state index in [1.165, 1.54) is 33.6 Å². The quantitative estimate of drug-likeness (QED) is 0.211. The summed E-state index contributed by atoms with van der Waals surface area (Å²) in [4.78, 5) is 0. The molecule has 5 heteroatoms. The van der Waals surface area contributed by atoms with E-state index in [1.54, 1.807) is 0 Å². The Morgan fingerprint density at radius 3 is 1.19 bits per heavy atom. The zero-order valence-electron chi connectivity index (χ0n) is 20.7. The molecule has 32 heavy (non-hydrogen) atoms. The average Bonchev–Trinajstić information content (AvgIpc) is 3.15. The maximum atomic E-state index is 5.12. The first kappa shape index (κ1) is 25.3. The molecule has 0 spiro atoms. The predicted octanol–water partition coefficient (Wildman–Crippen LogP) is 7.63. The Kier molecular flexibility index (Phi) is 8.52. The third kappa shape index (κ3) is 4.95. The Morgan fingerprint density at radius 1 is 0.625 bits per heavy atom. The van der Waals surface area contributed by atoms with E-state index in [-0.39, 0.29) is 12.2 Å². The van der Waals surface area contributed by atoms with Crippen LogP contribution in [0.25, 0.3) is 11.4 Å².